The lowest BCUT2D eigenvalue weighted by Gasteiger charge is -2.06. The van der Waals surface area contributed by atoms with Gasteiger partial charge in [-0.1, -0.05) is 6.07 Å². The molecular formula is C15H13N3O2S. The van der Waals surface area contributed by atoms with Crippen molar-refractivity contribution in [3.05, 3.63) is 55.3 Å². The summed E-state index contributed by atoms with van der Waals surface area (Å²) in [5, 5.41) is 23.2. The second kappa shape index (κ2) is 5.54. The van der Waals surface area contributed by atoms with Gasteiger partial charge in [0.2, 0.25) is 0 Å². The van der Waals surface area contributed by atoms with Gasteiger partial charge < -0.3 is 5.32 Å². The van der Waals surface area contributed by atoms with Crippen molar-refractivity contribution in [3.63, 3.8) is 0 Å². The molecule has 0 amide bonds. The molecule has 0 spiro atoms. The normalized spacial score (nSPS) is 12.7. The van der Waals surface area contributed by atoms with Crippen molar-refractivity contribution >= 4 is 22.7 Å². The summed E-state index contributed by atoms with van der Waals surface area (Å²) in [6, 6.07) is 8.80. The largest absolute Gasteiger partial charge is 0.375 e. The third-order valence-electron chi connectivity index (χ3n) is 3.59. The smallest absolute Gasteiger partial charge is 0.309 e. The molecule has 3 rings (SSSR count). The standard InChI is InChI=1S/C15H13N3O2S/c16-8-11-4-1-5-13(15(11)18(19)20)17-9-12-7-10-3-2-6-14(10)21-12/h1,4-5,7,17H,2-3,6,9H2. The summed E-state index contributed by atoms with van der Waals surface area (Å²) < 4.78 is 0. The molecule has 0 fully saturated rings. The fourth-order valence-electron chi connectivity index (χ4n) is 2.63. The molecular weight excluding hydrogens is 286 g/mol. The predicted molar refractivity (Wildman–Crippen MR) is 81.5 cm³/mol. The fraction of sp³-hybridized carbons (Fsp3) is 0.267. The number of benzene rings is 1. The Bertz CT molecular complexity index is 724. The summed E-state index contributed by atoms with van der Waals surface area (Å²) in [4.78, 5) is 13.3. The summed E-state index contributed by atoms with van der Waals surface area (Å²) in [5.74, 6) is 0. The highest BCUT2D eigenvalue weighted by Crippen LogP contribution is 2.32. The first-order valence-electron chi connectivity index (χ1n) is 6.71. The Morgan fingerprint density at radius 2 is 2.29 bits per heavy atom. The van der Waals surface area contributed by atoms with E-state index < -0.39 is 4.92 Å². The Balaban J connectivity index is 1.81. The number of nitrogens with zero attached hydrogens (tertiary/aromatic N) is 2. The number of nitriles is 1. The van der Waals surface area contributed by atoms with E-state index in [2.05, 4.69) is 11.4 Å². The average molecular weight is 299 g/mol. The zero-order valence-corrected chi connectivity index (χ0v) is 12.1. The van der Waals surface area contributed by atoms with Crippen molar-refractivity contribution in [2.45, 2.75) is 25.8 Å². The number of hydrogen-bond donors (Lipinski definition) is 1. The SMILES string of the molecule is N#Cc1cccc(NCc2cc3c(s2)CCC3)c1[N+](=O)[O-]. The Morgan fingerprint density at radius 3 is 3.00 bits per heavy atom. The third kappa shape index (κ3) is 2.60. The van der Waals surface area contributed by atoms with E-state index >= 15 is 0 Å². The van der Waals surface area contributed by atoms with Crippen molar-refractivity contribution in [2.75, 3.05) is 5.32 Å². The molecule has 21 heavy (non-hydrogen) atoms. The summed E-state index contributed by atoms with van der Waals surface area (Å²) in [7, 11) is 0. The molecule has 6 heteroatoms. The Hall–Kier alpha value is -2.39. The lowest BCUT2D eigenvalue weighted by atomic mass is 10.1. The average Bonchev–Trinajstić information content (AvgIpc) is 3.05. The maximum absolute atomic E-state index is 11.1. The molecule has 5 nitrogen and oxygen atoms in total. The molecule has 1 aliphatic rings. The summed E-state index contributed by atoms with van der Waals surface area (Å²) in [6.45, 7) is 0.549. The van der Waals surface area contributed by atoms with Crippen LogP contribution >= 0.6 is 11.3 Å². The van der Waals surface area contributed by atoms with Gasteiger partial charge >= 0.3 is 5.69 Å². The second-order valence-corrected chi connectivity index (χ2v) is 6.16. The van der Waals surface area contributed by atoms with Gasteiger partial charge in [0, 0.05) is 16.3 Å². The summed E-state index contributed by atoms with van der Waals surface area (Å²) in [5.41, 5.74) is 1.74. The number of aryl methyl sites for hydroxylation is 2. The third-order valence-corrected chi connectivity index (χ3v) is 4.83. The molecule has 0 bridgehead atoms. The minimum atomic E-state index is -0.505. The van der Waals surface area contributed by atoms with Gasteiger partial charge in [0.05, 0.1) is 4.92 Å². The van der Waals surface area contributed by atoms with E-state index in [4.69, 9.17) is 5.26 Å². The molecule has 0 atom stereocenters. The first-order chi connectivity index (χ1) is 10.2. The van der Waals surface area contributed by atoms with Gasteiger partial charge in [-0.2, -0.15) is 5.26 Å². The van der Waals surface area contributed by atoms with Gasteiger partial charge in [-0.25, -0.2) is 0 Å². The van der Waals surface area contributed by atoms with Crippen molar-refractivity contribution in [3.8, 4) is 6.07 Å². The number of fused-ring (bicyclic) bond motifs is 1. The van der Waals surface area contributed by atoms with Gasteiger partial charge in [0.1, 0.15) is 17.3 Å². The Labute approximate surface area is 126 Å². The van der Waals surface area contributed by atoms with Gasteiger partial charge in [0.25, 0.3) is 0 Å². The van der Waals surface area contributed by atoms with E-state index in [0.29, 0.717) is 12.2 Å². The first-order valence-corrected chi connectivity index (χ1v) is 7.52. The lowest BCUT2D eigenvalue weighted by Crippen LogP contribution is -2.03. The highest BCUT2D eigenvalue weighted by molar-refractivity contribution is 7.12. The molecule has 0 unspecified atom stereocenters. The van der Waals surface area contributed by atoms with Crippen LogP contribution in [0.1, 0.15) is 27.3 Å². The van der Waals surface area contributed by atoms with Crippen LogP contribution in [0.2, 0.25) is 0 Å². The number of anilines is 1. The number of nitro benzene ring substituents is 1. The number of rotatable bonds is 4. The molecule has 1 heterocycles. The van der Waals surface area contributed by atoms with Crippen LogP contribution in [-0.2, 0) is 19.4 Å². The Kier molecular flexibility index (Phi) is 3.59. The van der Waals surface area contributed by atoms with Crippen LogP contribution in [0.4, 0.5) is 11.4 Å². The topological polar surface area (TPSA) is 79.0 Å². The van der Waals surface area contributed by atoms with Gasteiger partial charge in [0.15, 0.2) is 0 Å². The van der Waals surface area contributed by atoms with E-state index in [0.717, 1.165) is 12.8 Å². The summed E-state index contributed by atoms with van der Waals surface area (Å²) >= 11 is 1.77. The minimum Gasteiger partial charge on any atom is -0.375 e. The van der Waals surface area contributed by atoms with Gasteiger partial charge in [-0.15, -0.1) is 11.3 Å². The molecule has 0 saturated heterocycles. The van der Waals surface area contributed by atoms with Gasteiger partial charge in [-0.05, 0) is 43.0 Å². The molecule has 1 aromatic carbocycles. The highest BCUT2D eigenvalue weighted by Gasteiger charge is 2.20. The predicted octanol–water partition coefficient (Wildman–Crippen LogP) is 3.63. The van der Waals surface area contributed by atoms with Crippen molar-refractivity contribution in [1.29, 1.82) is 5.26 Å². The van der Waals surface area contributed by atoms with E-state index in [1.165, 1.54) is 27.8 Å². The molecule has 0 radical (unpaired) electrons. The highest BCUT2D eigenvalue weighted by atomic mass is 32.1. The molecule has 0 saturated carbocycles. The van der Waals surface area contributed by atoms with E-state index in [-0.39, 0.29) is 11.3 Å². The maximum atomic E-state index is 11.1. The van der Waals surface area contributed by atoms with Crippen molar-refractivity contribution < 1.29 is 4.92 Å². The molecule has 0 aliphatic heterocycles. The number of para-hydroxylation sites is 1. The number of nitro groups is 1. The van der Waals surface area contributed by atoms with Crippen LogP contribution in [-0.4, -0.2) is 4.92 Å². The number of thiophene rings is 1. The Morgan fingerprint density at radius 1 is 1.43 bits per heavy atom. The van der Waals surface area contributed by atoms with Crippen LogP contribution in [0, 0.1) is 21.4 Å². The van der Waals surface area contributed by atoms with Crippen LogP contribution in [0.5, 0.6) is 0 Å². The number of nitrogens with one attached hydrogen (secondary N) is 1. The first kappa shape index (κ1) is 13.6. The zero-order valence-electron chi connectivity index (χ0n) is 11.3. The summed E-state index contributed by atoms with van der Waals surface area (Å²) in [6.07, 6.45) is 3.50. The zero-order chi connectivity index (χ0) is 14.8. The molecule has 2 aromatic rings. The van der Waals surface area contributed by atoms with Crippen LogP contribution < -0.4 is 5.32 Å². The van der Waals surface area contributed by atoms with Gasteiger partial charge in [-0.3, -0.25) is 10.1 Å². The quantitative estimate of drug-likeness (QED) is 0.690. The monoisotopic (exact) mass is 299 g/mol. The maximum Gasteiger partial charge on any atom is 0.309 e. The van der Waals surface area contributed by atoms with E-state index in [1.807, 2.05) is 6.07 Å². The lowest BCUT2D eigenvalue weighted by molar-refractivity contribution is -0.384. The molecule has 1 N–H and O–H groups in total. The van der Waals surface area contributed by atoms with E-state index in [9.17, 15) is 10.1 Å². The van der Waals surface area contributed by atoms with Crippen molar-refractivity contribution in [2.24, 2.45) is 0 Å². The minimum absolute atomic E-state index is 0.0821. The second-order valence-electron chi connectivity index (χ2n) is 4.94. The fourth-order valence-corrected chi connectivity index (χ4v) is 3.83. The molecule has 106 valence electrons. The van der Waals surface area contributed by atoms with Crippen molar-refractivity contribution in [1.82, 2.24) is 0 Å². The van der Waals surface area contributed by atoms with E-state index in [1.54, 1.807) is 23.5 Å². The van der Waals surface area contributed by atoms with Crippen LogP contribution in [0.15, 0.2) is 24.3 Å². The molecule has 1 aromatic heterocycles. The van der Waals surface area contributed by atoms with Crippen LogP contribution in [0.3, 0.4) is 0 Å². The van der Waals surface area contributed by atoms with Crippen LogP contribution in [0.25, 0.3) is 0 Å². The molecule has 1 aliphatic carbocycles. The number of hydrogen-bond acceptors (Lipinski definition) is 5.